The molecular formula is C20H32N4O5. The van der Waals surface area contributed by atoms with Crippen LogP contribution in [0.15, 0.2) is 12.1 Å². The zero-order chi connectivity index (χ0) is 21.4. The monoisotopic (exact) mass is 408 g/mol. The van der Waals surface area contributed by atoms with E-state index in [2.05, 4.69) is 10.7 Å². The lowest BCUT2D eigenvalue weighted by Gasteiger charge is -2.24. The minimum Gasteiger partial charge on any atom is -0.493 e. The lowest BCUT2D eigenvalue weighted by atomic mass is 9.96. The number of carbonyl (C=O) groups excluding carboxylic acids is 1. The highest BCUT2D eigenvalue weighted by Crippen LogP contribution is 2.37. The van der Waals surface area contributed by atoms with Crippen molar-refractivity contribution in [3.63, 3.8) is 0 Å². The Morgan fingerprint density at radius 2 is 1.79 bits per heavy atom. The lowest BCUT2D eigenvalue weighted by Crippen LogP contribution is -2.42. The molecule has 1 aliphatic carbocycles. The third kappa shape index (κ3) is 6.30. The van der Waals surface area contributed by atoms with Gasteiger partial charge < -0.3 is 14.8 Å². The highest BCUT2D eigenvalue weighted by atomic mass is 16.6. The number of amides is 1. The van der Waals surface area contributed by atoms with Gasteiger partial charge in [-0.05, 0) is 32.8 Å². The van der Waals surface area contributed by atoms with E-state index >= 15 is 0 Å². The summed E-state index contributed by atoms with van der Waals surface area (Å²) < 4.78 is 11.1. The van der Waals surface area contributed by atoms with Crippen LogP contribution < -0.4 is 26.1 Å². The highest BCUT2D eigenvalue weighted by molar-refractivity contribution is 5.81. The maximum atomic E-state index is 12.6. The van der Waals surface area contributed by atoms with E-state index < -0.39 is 17.1 Å². The van der Waals surface area contributed by atoms with Gasteiger partial charge in [0.2, 0.25) is 0 Å². The topological polar surface area (TPSA) is 129 Å². The molecule has 0 saturated heterocycles. The summed E-state index contributed by atoms with van der Waals surface area (Å²) >= 11 is 0. The van der Waals surface area contributed by atoms with Crippen molar-refractivity contribution in [1.82, 2.24) is 10.7 Å². The van der Waals surface area contributed by atoms with E-state index in [0.717, 1.165) is 25.7 Å². The molecule has 0 aromatic heterocycles. The number of nitrogens with two attached hydrogens (primary N) is 1. The molecule has 0 heterocycles. The fourth-order valence-corrected chi connectivity index (χ4v) is 3.57. The van der Waals surface area contributed by atoms with E-state index in [1.807, 2.05) is 0 Å². The molecule has 9 heteroatoms. The fraction of sp³-hybridized carbons (Fsp3) is 0.650. The number of methoxy groups -OCH3 is 1. The van der Waals surface area contributed by atoms with Crippen molar-refractivity contribution >= 4 is 11.6 Å². The average molecular weight is 408 g/mol. The van der Waals surface area contributed by atoms with Crippen molar-refractivity contribution in [1.29, 1.82) is 0 Å². The molecule has 2 rings (SSSR count). The molecule has 9 nitrogen and oxygen atoms in total. The molecule has 0 aliphatic heterocycles. The molecule has 2 atom stereocenters. The summed E-state index contributed by atoms with van der Waals surface area (Å²) in [7, 11) is 1.44. The van der Waals surface area contributed by atoms with E-state index in [1.54, 1.807) is 13.8 Å². The van der Waals surface area contributed by atoms with Crippen molar-refractivity contribution in [2.24, 2.45) is 5.84 Å². The third-order valence-corrected chi connectivity index (χ3v) is 5.35. The SMILES string of the molecule is COc1cc(C(C)NN)c([N+](=O)[O-])cc1OC(C)C(=O)NC1CCCCCCC1. The minimum absolute atomic E-state index is 0.143. The number of hydrazine groups is 1. The van der Waals surface area contributed by atoms with Gasteiger partial charge in [-0.3, -0.25) is 26.2 Å². The zero-order valence-corrected chi connectivity index (χ0v) is 17.4. The fourth-order valence-electron chi connectivity index (χ4n) is 3.57. The molecule has 1 amide bonds. The van der Waals surface area contributed by atoms with E-state index in [0.29, 0.717) is 11.3 Å². The molecule has 0 spiro atoms. The van der Waals surface area contributed by atoms with Gasteiger partial charge in [0.05, 0.1) is 29.7 Å². The number of nitro benzene ring substituents is 1. The van der Waals surface area contributed by atoms with Crippen LogP contribution in [0.1, 0.15) is 70.4 Å². The van der Waals surface area contributed by atoms with Crippen LogP contribution in [-0.4, -0.2) is 30.1 Å². The number of hydrogen-bond donors (Lipinski definition) is 3. The number of nitrogens with one attached hydrogen (secondary N) is 2. The van der Waals surface area contributed by atoms with Crippen molar-refractivity contribution in [3.05, 3.63) is 27.8 Å². The number of hydrogen-bond acceptors (Lipinski definition) is 7. The molecular weight excluding hydrogens is 376 g/mol. The van der Waals surface area contributed by atoms with Gasteiger partial charge in [0.15, 0.2) is 17.6 Å². The van der Waals surface area contributed by atoms with Crippen molar-refractivity contribution in [2.45, 2.75) is 77.0 Å². The molecule has 0 radical (unpaired) electrons. The first kappa shape index (κ1) is 22.9. The van der Waals surface area contributed by atoms with Gasteiger partial charge in [0.25, 0.3) is 11.6 Å². The van der Waals surface area contributed by atoms with Crippen LogP contribution in [0.4, 0.5) is 5.69 Å². The summed E-state index contributed by atoms with van der Waals surface area (Å²) in [6.45, 7) is 3.33. The van der Waals surface area contributed by atoms with Crippen molar-refractivity contribution in [3.8, 4) is 11.5 Å². The molecule has 1 saturated carbocycles. The number of nitrogens with zero attached hydrogens (tertiary/aromatic N) is 1. The molecule has 1 aromatic carbocycles. The first-order valence-electron chi connectivity index (χ1n) is 10.2. The minimum atomic E-state index is -0.815. The Hall–Kier alpha value is -2.39. The number of ether oxygens (including phenoxy) is 2. The van der Waals surface area contributed by atoms with Gasteiger partial charge in [0.1, 0.15) is 0 Å². The average Bonchev–Trinajstić information content (AvgIpc) is 2.68. The Morgan fingerprint density at radius 3 is 2.34 bits per heavy atom. The standard InChI is InChI=1S/C20H32N4O5/c1-13(23-21)16-11-18(28-3)19(12-17(16)24(26)27)29-14(2)20(25)22-15-9-7-5-4-6-8-10-15/h11-15,23H,4-10,21H2,1-3H3,(H,22,25). The molecule has 4 N–H and O–H groups in total. The van der Waals surface area contributed by atoms with E-state index in [4.69, 9.17) is 15.3 Å². The third-order valence-electron chi connectivity index (χ3n) is 5.35. The normalized spacial score (nSPS) is 17.5. The Morgan fingerprint density at radius 1 is 1.17 bits per heavy atom. The summed E-state index contributed by atoms with van der Waals surface area (Å²) in [4.78, 5) is 23.6. The second kappa shape index (κ2) is 11.0. The number of rotatable bonds is 8. The largest absolute Gasteiger partial charge is 0.493 e. The molecule has 1 aliphatic rings. The highest BCUT2D eigenvalue weighted by Gasteiger charge is 2.26. The Labute approximate surface area is 171 Å². The van der Waals surface area contributed by atoms with E-state index in [1.165, 1.54) is 38.5 Å². The molecule has 1 fully saturated rings. The van der Waals surface area contributed by atoms with Crippen molar-refractivity contribution in [2.75, 3.05) is 7.11 Å². The number of nitro groups is 1. The Bertz CT molecular complexity index is 704. The first-order chi connectivity index (χ1) is 13.9. The van der Waals surface area contributed by atoms with Gasteiger partial charge in [-0.25, -0.2) is 0 Å². The van der Waals surface area contributed by atoms with E-state index in [-0.39, 0.29) is 23.4 Å². The predicted molar refractivity (Wildman–Crippen MR) is 110 cm³/mol. The van der Waals surface area contributed by atoms with E-state index in [9.17, 15) is 14.9 Å². The molecule has 1 aromatic rings. The van der Waals surface area contributed by atoms with Crippen LogP contribution in [0.5, 0.6) is 11.5 Å². The predicted octanol–water partition coefficient (Wildman–Crippen LogP) is 3.12. The smallest absolute Gasteiger partial charge is 0.278 e. The lowest BCUT2D eigenvalue weighted by molar-refractivity contribution is -0.385. The van der Waals surface area contributed by atoms with Gasteiger partial charge in [-0.2, -0.15) is 0 Å². The van der Waals surface area contributed by atoms with Gasteiger partial charge >= 0.3 is 0 Å². The van der Waals surface area contributed by atoms with Crippen molar-refractivity contribution < 1.29 is 19.2 Å². The number of carbonyl (C=O) groups is 1. The van der Waals surface area contributed by atoms with Gasteiger partial charge in [-0.1, -0.05) is 32.1 Å². The Balaban J connectivity index is 2.15. The maximum Gasteiger partial charge on any atom is 0.278 e. The number of benzene rings is 1. The quantitative estimate of drug-likeness (QED) is 0.342. The maximum absolute atomic E-state index is 12.6. The molecule has 0 bridgehead atoms. The van der Waals surface area contributed by atoms with Gasteiger partial charge in [0, 0.05) is 6.04 Å². The zero-order valence-electron chi connectivity index (χ0n) is 17.4. The summed E-state index contributed by atoms with van der Waals surface area (Å²) in [5, 5.41) is 14.6. The molecule has 29 heavy (non-hydrogen) atoms. The first-order valence-corrected chi connectivity index (χ1v) is 10.2. The summed E-state index contributed by atoms with van der Waals surface area (Å²) in [5.74, 6) is 5.65. The van der Waals surface area contributed by atoms with Crippen LogP contribution in [0, 0.1) is 10.1 Å². The Kier molecular flexibility index (Phi) is 8.66. The van der Waals surface area contributed by atoms with Crippen LogP contribution in [0.2, 0.25) is 0 Å². The van der Waals surface area contributed by atoms with Crippen LogP contribution >= 0.6 is 0 Å². The second-order valence-electron chi connectivity index (χ2n) is 7.52. The van der Waals surface area contributed by atoms with Gasteiger partial charge in [-0.15, -0.1) is 0 Å². The summed E-state index contributed by atoms with van der Waals surface area (Å²) in [5.41, 5.74) is 2.71. The second-order valence-corrected chi connectivity index (χ2v) is 7.52. The summed E-state index contributed by atoms with van der Waals surface area (Å²) in [6, 6.07) is 2.47. The molecule has 162 valence electrons. The summed E-state index contributed by atoms with van der Waals surface area (Å²) in [6.07, 6.45) is 6.98. The van der Waals surface area contributed by atoms with Crippen LogP contribution in [0.3, 0.4) is 0 Å². The van der Waals surface area contributed by atoms with Crippen LogP contribution in [0.25, 0.3) is 0 Å². The molecule has 2 unspecified atom stereocenters. The van der Waals surface area contributed by atoms with Crippen LogP contribution in [-0.2, 0) is 4.79 Å².